The molecule has 0 unspecified atom stereocenters. The summed E-state index contributed by atoms with van der Waals surface area (Å²) in [4.78, 5) is 19.5. The first-order valence-corrected chi connectivity index (χ1v) is 11.9. The van der Waals surface area contributed by atoms with Crippen molar-refractivity contribution in [3.05, 3.63) is 35.9 Å². The highest BCUT2D eigenvalue weighted by atomic mass is 16.6. The molecule has 1 aromatic rings. The minimum absolute atomic E-state index is 0.0175. The number of ketones is 1. The molecule has 0 saturated heterocycles. The van der Waals surface area contributed by atoms with Crippen molar-refractivity contribution in [1.29, 1.82) is 0 Å². The van der Waals surface area contributed by atoms with Gasteiger partial charge < -0.3 is 9.94 Å². The van der Waals surface area contributed by atoms with Gasteiger partial charge in [0.15, 0.2) is 0 Å². The fraction of sp³-hybridized carbons (Fsp3) is 0.692. The molecule has 1 heterocycles. The summed E-state index contributed by atoms with van der Waals surface area (Å²) >= 11 is 0. The fourth-order valence-corrected chi connectivity index (χ4v) is 8.59. The quantitative estimate of drug-likeness (QED) is 0.740. The van der Waals surface area contributed by atoms with Gasteiger partial charge >= 0.3 is 0 Å². The van der Waals surface area contributed by atoms with Crippen LogP contribution in [0.5, 0.6) is 0 Å². The van der Waals surface area contributed by atoms with Crippen LogP contribution in [0.25, 0.3) is 0 Å². The van der Waals surface area contributed by atoms with Gasteiger partial charge in [0.1, 0.15) is 23.5 Å². The van der Waals surface area contributed by atoms with Crippen molar-refractivity contribution in [3.63, 3.8) is 0 Å². The Labute approximate surface area is 179 Å². The van der Waals surface area contributed by atoms with Gasteiger partial charge in [0.2, 0.25) is 0 Å². The van der Waals surface area contributed by atoms with Crippen molar-refractivity contribution < 1.29 is 14.7 Å². The SMILES string of the molecule is C[C@]12CC[C@H]3[C@@H](CC[C@H]4CC(=O)[C@@H]5C(c6ccccc6)=NO[C@@H]5[C@@]43C)[C@@H]1CC[C@@H]2O. The zero-order valence-corrected chi connectivity index (χ0v) is 18.1. The van der Waals surface area contributed by atoms with Crippen molar-refractivity contribution in [2.45, 2.75) is 71.0 Å². The first-order valence-electron chi connectivity index (χ1n) is 11.9. The third-order valence-electron chi connectivity index (χ3n) is 10.3. The van der Waals surface area contributed by atoms with E-state index in [1.165, 1.54) is 6.42 Å². The molecule has 4 fully saturated rings. The third kappa shape index (κ3) is 2.32. The molecule has 0 amide bonds. The monoisotopic (exact) mass is 407 g/mol. The van der Waals surface area contributed by atoms with Crippen LogP contribution in [0.15, 0.2) is 35.5 Å². The predicted molar refractivity (Wildman–Crippen MR) is 115 cm³/mol. The van der Waals surface area contributed by atoms with Crippen molar-refractivity contribution >= 4 is 11.5 Å². The highest BCUT2D eigenvalue weighted by molar-refractivity contribution is 6.15. The Morgan fingerprint density at radius 3 is 2.63 bits per heavy atom. The minimum Gasteiger partial charge on any atom is -0.393 e. The van der Waals surface area contributed by atoms with Crippen molar-refractivity contribution in [3.8, 4) is 0 Å². The summed E-state index contributed by atoms with van der Waals surface area (Å²) in [5.74, 6) is 2.29. The summed E-state index contributed by atoms with van der Waals surface area (Å²) < 4.78 is 0. The number of hydrogen-bond donors (Lipinski definition) is 1. The summed E-state index contributed by atoms with van der Waals surface area (Å²) in [5.41, 5.74) is 1.92. The lowest BCUT2D eigenvalue weighted by Gasteiger charge is -2.61. The Balaban J connectivity index is 1.36. The van der Waals surface area contributed by atoms with Gasteiger partial charge in [-0.05, 0) is 67.6 Å². The number of hydrogen-bond acceptors (Lipinski definition) is 4. The molecule has 4 heteroatoms. The third-order valence-corrected chi connectivity index (χ3v) is 10.3. The first kappa shape index (κ1) is 19.0. The normalized spacial score (nSPS) is 49.4. The Bertz CT molecular complexity index is 897. The van der Waals surface area contributed by atoms with Crippen LogP contribution < -0.4 is 0 Å². The average Bonchev–Trinajstić information content (AvgIpc) is 3.33. The molecule has 1 N–H and O–H groups in total. The number of carbonyl (C=O) groups is 1. The van der Waals surface area contributed by atoms with E-state index in [9.17, 15) is 9.90 Å². The van der Waals surface area contributed by atoms with E-state index in [1.54, 1.807) is 0 Å². The molecule has 4 nitrogen and oxygen atoms in total. The van der Waals surface area contributed by atoms with Gasteiger partial charge in [0.05, 0.1) is 6.10 Å². The Hall–Kier alpha value is -1.68. The number of Topliss-reactive ketones (excluding diaryl/α,β-unsaturated/α-hetero) is 1. The maximum absolute atomic E-state index is 13.3. The van der Waals surface area contributed by atoms with Crippen LogP contribution in [-0.2, 0) is 9.63 Å². The van der Waals surface area contributed by atoms with Crippen LogP contribution >= 0.6 is 0 Å². The van der Waals surface area contributed by atoms with E-state index in [0.717, 1.165) is 43.4 Å². The molecule has 0 bridgehead atoms. The highest BCUT2D eigenvalue weighted by Gasteiger charge is 2.66. The molecule has 4 aliphatic carbocycles. The van der Waals surface area contributed by atoms with Crippen molar-refractivity contribution in [1.82, 2.24) is 0 Å². The second-order valence-corrected chi connectivity index (χ2v) is 11.2. The predicted octanol–water partition coefficient (Wildman–Crippen LogP) is 4.60. The van der Waals surface area contributed by atoms with Crippen LogP contribution in [0.4, 0.5) is 0 Å². The van der Waals surface area contributed by atoms with Crippen LogP contribution in [-0.4, -0.2) is 28.8 Å². The topological polar surface area (TPSA) is 58.9 Å². The lowest BCUT2D eigenvalue weighted by Crippen LogP contribution is -2.61. The van der Waals surface area contributed by atoms with Gasteiger partial charge in [-0.25, -0.2) is 0 Å². The molecular formula is C26H33NO3. The molecule has 1 aromatic carbocycles. The molecule has 1 aliphatic heterocycles. The number of rotatable bonds is 1. The van der Waals surface area contributed by atoms with E-state index < -0.39 is 0 Å². The van der Waals surface area contributed by atoms with Gasteiger partial charge in [0.25, 0.3) is 0 Å². The average molecular weight is 408 g/mol. The summed E-state index contributed by atoms with van der Waals surface area (Å²) in [7, 11) is 0. The molecule has 0 aromatic heterocycles. The zero-order chi connectivity index (χ0) is 20.7. The molecule has 6 rings (SSSR count). The number of aliphatic hydroxyl groups is 1. The minimum atomic E-state index is -0.227. The maximum Gasteiger partial charge on any atom is 0.148 e. The highest BCUT2D eigenvalue weighted by Crippen LogP contribution is 2.67. The van der Waals surface area contributed by atoms with E-state index >= 15 is 0 Å². The van der Waals surface area contributed by atoms with Gasteiger partial charge in [-0.3, -0.25) is 4.79 Å². The Kier molecular flexibility index (Phi) is 4.07. The van der Waals surface area contributed by atoms with Crippen molar-refractivity contribution in [2.75, 3.05) is 0 Å². The number of carbonyl (C=O) groups excluding carboxylic acids is 1. The van der Waals surface area contributed by atoms with E-state index in [2.05, 4.69) is 19.0 Å². The second-order valence-electron chi connectivity index (χ2n) is 11.2. The van der Waals surface area contributed by atoms with Gasteiger partial charge in [-0.15, -0.1) is 0 Å². The Morgan fingerprint density at radius 2 is 1.83 bits per heavy atom. The Morgan fingerprint density at radius 1 is 1.03 bits per heavy atom. The molecule has 9 atom stereocenters. The van der Waals surface area contributed by atoms with Crippen LogP contribution in [0.1, 0.15) is 64.4 Å². The van der Waals surface area contributed by atoms with Gasteiger partial charge in [-0.2, -0.15) is 0 Å². The second kappa shape index (κ2) is 6.41. The fourth-order valence-electron chi connectivity index (χ4n) is 8.59. The number of fused-ring (bicyclic) bond motifs is 7. The molecule has 0 spiro atoms. The first-order chi connectivity index (χ1) is 14.4. The smallest absolute Gasteiger partial charge is 0.148 e. The number of nitrogens with zero attached hydrogens (tertiary/aromatic N) is 1. The van der Waals surface area contributed by atoms with Gasteiger partial charge in [0, 0.05) is 17.4 Å². The van der Waals surface area contributed by atoms with E-state index in [1.807, 2.05) is 30.3 Å². The van der Waals surface area contributed by atoms with E-state index in [-0.39, 0.29) is 29.0 Å². The standard InChI is InChI=1S/C26H33NO3/c1-25-13-12-19-17(18(25)10-11-21(25)29)9-8-16-14-20(28)22-23(15-6-4-3-5-7-15)27-30-24(22)26(16,19)2/h3-7,16-19,21-22,24,29H,8-14H2,1-2H3/t16-,17-,18-,19-,21-,22+,24-,25-,26-/m0/s1. The van der Waals surface area contributed by atoms with E-state index in [4.69, 9.17) is 4.84 Å². The largest absolute Gasteiger partial charge is 0.393 e. The lowest BCUT2D eigenvalue weighted by molar-refractivity contribution is -0.186. The molecule has 30 heavy (non-hydrogen) atoms. The molecule has 160 valence electrons. The molecule has 5 aliphatic rings. The van der Waals surface area contributed by atoms with Crippen LogP contribution in [0.3, 0.4) is 0 Å². The summed E-state index contributed by atoms with van der Waals surface area (Å²) in [6.07, 6.45) is 7.04. The summed E-state index contributed by atoms with van der Waals surface area (Å²) in [5, 5.41) is 15.3. The summed E-state index contributed by atoms with van der Waals surface area (Å²) in [6, 6.07) is 10.1. The number of aliphatic hydroxyl groups excluding tert-OH is 1. The van der Waals surface area contributed by atoms with Gasteiger partial charge in [-0.1, -0.05) is 49.3 Å². The number of benzene rings is 1. The summed E-state index contributed by atoms with van der Waals surface area (Å²) in [6.45, 7) is 4.74. The lowest BCUT2D eigenvalue weighted by atomic mass is 9.43. The maximum atomic E-state index is 13.3. The molecule has 4 saturated carbocycles. The van der Waals surface area contributed by atoms with E-state index in [0.29, 0.717) is 35.9 Å². The zero-order valence-electron chi connectivity index (χ0n) is 18.1. The molecular weight excluding hydrogens is 374 g/mol. The van der Waals surface area contributed by atoms with Crippen molar-refractivity contribution in [2.24, 2.45) is 45.6 Å². The number of oxime groups is 1. The van der Waals surface area contributed by atoms with Crippen LogP contribution in [0.2, 0.25) is 0 Å². The van der Waals surface area contributed by atoms with Crippen LogP contribution in [0, 0.1) is 40.4 Å². The molecule has 0 radical (unpaired) electrons.